The van der Waals surface area contributed by atoms with Crippen molar-refractivity contribution in [3.8, 4) is 17.0 Å². The summed E-state index contributed by atoms with van der Waals surface area (Å²) in [5.41, 5.74) is 3.86. The summed E-state index contributed by atoms with van der Waals surface area (Å²) < 4.78 is 7.86. The lowest BCUT2D eigenvalue weighted by Crippen LogP contribution is -2.50. The molecule has 1 atom stereocenters. The maximum absolute atomic E-state index is 12.0. The molecule has 1 aliphatic carbocycles. The molecule has 1 amide bonds. The number of pyridine rings is 1. The fourth-order valence-corrected chi connectivity index (χ4v) is 3.91. The van der Waals surface area contributed by atoms with Gasteiger partial charge in [0.2, 0.25) is 11.8 Å². The van der Waals surface area contributed by atoms with Crippen LogP contribution in [0.25, 0.3) is 16.6 Å². The Kier molecular flexibility index (Phi) is 4.50. The zero-order chi connectivity index (χ0) is 20.0. The van der Waals surface area contributed by atoms with Crippen LogP contribution in [0, 0.1) is 12.8 Å². The number of ether oxygens (including phenoxy) is 1. The normalized spacial score (nSPS) is 19.3. The number of aryl methyl sites for hydroxylation is 1. The number of H-pyrrole nitrogens is 1. The first-order valence-electron chi connectivity index (χ1n) is 10.3. The largest absolute Gasteiger partial charge is 0.475 e. The predicted molar refractivity (Wildman–Crippen MR) is 110 cm³/mol. The van der Waals surface area contributed by atoms with Gasteiger partial charge in [-0.05, 0) is 50.4 Å². The molecule has 29 heavy (non-hydrogen) atoms. The topological polar surface area (TPSA) is 87.6 Å². The molecule has 3 aromatic heterocycles. The minimum absolute atomic E-state index is 0.0621. The second kappa shape index (κ2) is 7.18. The van der Waals surface area contributed by atoms with E-state index in [9.17, 15) is 4.79 Å². The Bertz CT molecular complexity index is 1050. The Morgan fingerprint density at radius 2 is 2.21 bits per heavy atom. The van der Waals surface area contributed by atoms with Gasteiger partial charge in [0.1, 0.15) is 6.61 Å². The van der Waals surface area contributed by atoms with Gasteiger partial charge in [-0.15, -0.1) is 5.10 Å². The highest BCUT2D eigenvalue weighted by Gasteiger charge is 2.30. The maximum Gasteiger partial charge on any atom is 0.240 e. The van der Waals surface area contributed by atoms with Gasteiger partial charge in [0.15, 0.2) is 5.82 Å². The lowest BCUT2D eigenvalue weighted by molar-refractivity contribution is -0.117. The van der Waals surface area contributed by atoms with Crippen molar-refractivity contribution < 1.29 is 9.53 Å². The van der Waals surface area contributed by atoms with Crippen LogP contribution in [-0.2, 0) is 4.79 Å². The Morgan fingerprint density at radius 3 is 2.93 bits per heavy atom. The van der Waals surface area contributed by atoms with Crippen molar-refractivity contribution in [2.75, 3.05) is 25.0 Å². The van der Waals surface area contributed by atoms with Gasteiger partial charge < -0.3 is 10.1 Å². The molecule has 4 heterocycles. The summed E-state index contributed by atoms with van der Waals surface area (Å²) in [6.07, 6.45) is 5.02. The molecule has 152 valence electrons. The van der Waals surface area contributed by atoms with Crippen LogP contribution in [0.5, 0.6) is 5.88 Å². The van der Waals surface area contributed by atoms with Gasteiger partial charge in [-0.25, -0.2) is 4.52 Å². The number of anilines is 1. The van der Waals surface area contributed by atoms with Crippen molar-refractivity contribution in [2.24, 2.45) is 5.92 Å². The lowest BCUT2D eigenvalue weighted by atomic mass is 10.0. The summed E-state index contributed by atoms with van der Waals surface area (Å²) in [6.45, 7) is 7.03. The quantitative estimate of drug-likeness (QED) is 0.643. The molecule has 1 aliphatic heterocycles. The summed E-state index contributed by atoms with van der Waals surface area (Å²) in [5, 5.41) is 14.8. The number of fused-ring (bicyclic) bond motifs is 1. The van der Waals surface area contributed by atoms with E-state index < -0.39 is 0 Å². The number of carbonyl (C=O) groups excluding carboxylic acids is 1. The van der Waals surface area contributed by atoms with E-state index in [2.05, 4.69) is 32.4 Å². The minimum Gasteiger partial charge on any atom is -0.475 e. The van der Waals surface area contributed by atoms with Crippen molar-refractivity contribution in [1.29, 1.82) is 0 Å². The van der Waals surface area contributed by atoms with Crippen LogP contribution in [0.15, 0.2) is 24.4 Å². The SMILES string of the molecule is CCN1CC[C@@H]1COc1n[nH]c(C)c1-c1ccn2nc(NC(=O)C3CC3)cc2c1. The molecule has 2 fully saturated rings. The highest BCUT2D eigenvalue weighted by Crippen LogP contribution is 2.33. The first-order chi connectivity index (χ1) is 14.1. The van der Waals surface area contributed by atoms with E-state index >= 15 is 0 Å². The third kappa shape index (κ3) is 3.48. The van der Waals surface area contributed by atoms with Gasteiger partial charge in [-0.2, -0.15) is 5.10 Å². The first kappa shape index (κ1) is 18.2. The molecular formula is C21H26N6O2. The fraction of sp³-hybridized carbons (Fsp3) is 0.476. The number of likely N-dealkylation sites (tertiary alicyclic amines) is 1. The number of aromatic nitrogens is 4. The molecule has 8 heteroatoms. The Balaban J connectivity index is 1.37. The minimum atomic E-state index is 0.0621. The zero-order valence-electron chi connectivity index (χ0n) is 16.8. The number of aromatic amines is 1. The summed E-state index contributed by atoms with van der Waals surface area (Å²) in [7, 11) is 0. The first-order valence-corrected chi connectivity index (χ1v) is 10.3. The molecule has 1 saturated carbocycles. The van der Waals surface area contributed by atoms with Crippen molar-refractivity contribution in [1.82, 2.24) is 24.7 Å². The van der Waals surface area contributed by atoms with E-state index in [0.29, 0.717) is 24.3 Å². The van der Waals surface area contributed by atoms with E-state index in [1.54, 1.807) is 4.52 Å². The second-order valence-corrected chi connectivity index (χ2v) is 7.99. The van der Waals surface area contributed by atoms with Gasteiger partial charge in [0, 0.05) is 36.5 Å². The fourth-order valence-electron chi connectivity index (χ4n) is 3.91. The van der Waals surface area contributed by atoms with Crippen LogP contribution in [0.3, 0.4) is 0 Å². The monoisotopic (exact) mass is 394 g/mol. The number of hydrogen-bond acceptors (Lipinski definition) is 5. The summed E-state index contributed by atoms with van der Waals surface area (Å²) in [6, 6.07) is 6.41. The third-order valence-corrected chi connectivity index (χ3v) is 5.95. The molecule has 8 nitrogen and oxygen atoms in total. The molecule has 0 spiro atoms. The molecule has 0 aromatic carbocycles. The Labute approximate surface area is 169 Å². The number of hydrogen-bond donors (Lipinski definition) is 2. The van der Waals surface area contributed by atoms with Crippen LogP contribution in [0.1, 0.15) is 31.9 Å². The number of carbonyl (C=O) groups is 1. The van der Waals surface area contributed by atoms with Crippen LogP contribution in [-0.4, -0.2) is 56.4 Å². The van der Waals surface area contributed by atoms with E-state index in [0.717, 1.165) is 48.3 Å². The highest BCUT2D eigenvalue weighted by atomic mass is 16.5. The van der Waals surface area contributed by atoms with Gasteiger partial charge in [0.25, 0.3) is 0 Å². The standard InChI is InChI=1S/C21H26N6O2/c1-3-26-8-7-16(26)12-29-21-19(13(2)23-24-21)15-6-9-27-17(10-15)11-18(25-27)22-20(28)14-4-5-14/h6,9-11,14,16H,3-5,7-8,12H2,1-2H3,(H,23,24)(H,22,25,28)/t16-/m1/s1. The third-order valence-electron chi connectivity index (χ3n) is 5.95. The van der Waals surface area contributed by atoms with Gasteiger partial charge >= 0.3 is 0 Å². The second-order valence-electron chi connectivity index (χ2n) is 7.99. The van der Waals surface area contributed by atoms with Crippen molar-refractivity contribution >= 4 is 17.2 Å². The predicted octanol–water partition coefficient (Wildman–Crippen LogP) is 2.85. The molecule has 2 N–H and O–H groups in total. The Morgan fingerprint density at radius 1 is 1.34 bits per heavy atom. The van der Waals surface area contributed by atoms with Crippen molar-refractivity contribution in [2.45, 2.75) is 39.2 Å². The Hall–Kier alpha value is -2.87. The molecule has 2 aliphatic rings. The van der Waals surface area contributed by atoms with Crippen LogP contribution >= 0.6 is 0 Å². The highest BCUT2D eigenvalue weighted by molar-refractivity contribution is 5.93. The number of amides is 1. The van der Waals surface area contributed by atoms with Gasteiger partial charge in [0.05, 0.1) is 11.1 Å². The smallest absolute Gasteiger partial charge is 0.240 e. The zero-order valence-corrected chi connectivity index (χ0v) is 16.8. The molecule has 0 unspecified atom stereocenters. The van der Waals surface area contributed by atoms with Gasteiger partial charge in [-0.3, -0.25) is 14.8 Å². The summed E-state index contributed by atoms with van der Waals surface area (Å²) in [4.78, 5) is 14.4. The lowest BCUT2D eigenvalue weighted by Gasteiger charge is -2.39. The van der Waals surface area contributed by atoms with Crippen LogP contribution in [0.2, 0.25) is 0 Å². The van der Waals surface area contributed by atoms with Crippen molar-refractivity contribution in [3.05, 3.63) is 30.1 Å². The average Bonchev–Trinajstić information content (AvgIpc) is 3.37. The number of rotatable bonds is 7. The molecule has 1 saturated heterocycles. The molecule has 3 aromatic rings. The van der Waals surface area contributed by atoms with Gasteiger partial charge in [-0.1, -0.05) is 6.92 Å². The average molecular weight is 394 g/mol. The summed E-state index contributed by atoms with van der Waals surface area (Å²) >= 11 is 0. The summed E-state index contributed by atoms with van der Waals surface area (Å²) in [5.74, 6) is 1.44. The van der Waals surface area contributed by atoms with E-state index in [1.807, 2.05) is 31.3 Å². The van der Waals surface area contributed by atoms with E-state index in [4.69, 9.17) is 4.74 Å². The van der Waals surface area contributed by atoms with Crippen LogP contribution < -0.4 is 10.1 Å². The number of likely N-dealkylation sites (N-methyl/N-ethyl adjacent to an activating group) is 1. The van der Waals surface area contributed by atoms with Crippen LogP contribution in [0.4, 0.5) is 5.82 Å². The number of nitrogens with zero attached hydrogens (tertiary/aromatic N) is 4. The molecular weight excluding hydrogens is 368 g/mol. The molecule has 0 bridgehead atoms. The molecule has 5 rings (SSSR count). The van der Waals surface area contributed by atoms with Crippen molar-refractivity contribution in [3.63, 3.8) is 0 Å². The number of nitrogens with one attached hydrogen (secondary N) is 2. The van der Waals surface area contributed by atoms with E-state index in [-0.39, 0.29) is 11.8 Å². The maximum atomic E-state index is 12.0. The molecule has 0 radical (unpaired) electrons. The van der Waals surface area contributed by atoms with E-state index in [1.165, 1.54) is 6.42 Å².